The molecule has 6 nitrogen and oxygen atoms in total. The molecule has 0 N–H and O–H groups in total. The lowest BCUT2D eigenvalue weighted by molar-refractivity contribution is 0.466. The zero-order valence-electron chi connectivity index (χ0n) is 11.7. The van der Waals surface area contributed by atoms with Gasteiger partial charge in [0.05, 0.1) is 0 Å². The molecule has 4 fully saturated rings. The van der Waals surface area contributed by atoms with Gasteiger partial charge in [0, 0.05) is 42.3 Å². The van der Waals surface area contributed by atoms with Crippen LogP contribution in [0.2, 0.25) is 0 Å². The topological polar surface area (TPSA) is 19.4 Å². The van der Waals surface area contributed by atoms with Crippen molar-refractivity contribution in [2.24, 2.45) is 0 Å². The van der Waals surface area contributed by atoms with Crippen molar-refractivity contribution in [2.75, 3.05) is 42.3 Å². The zero-order valence-corrected chi connectivity index (χ0v) is 17.7. The van der Waals surface area contributed by atoms with Gasteiger partial charge < -0.3 is 0 Å². The van der Waals surface area contributed by atoms with Crippen LogP contribution in [0.4, 0.5) is 0 Å². The summed E-state index contributed by atoms with van der Waals surface area (Å²) in [6.07, 6.45) is 0. The Bertz CT molecular complexity index is 493. The van der Waals surface area contributed by atoms with Gasteiger partial charge in [0.15, 0.2) is 19.5 Å². The second-order valence-corrected chi connectivity index (χ2v) is 21.9. The van der Waals surface area contributed by atoms with Crippen molar-refractivity contribution in [2.45, 2.75) is 0 Å². The maximum absolute atomic E-state index is 6.11. The summed E-state index contributed by atoms with van der Waals surface area (Å²) in [7, 11) is 12.1. The van der Waals surface area contributed by atoms with Crippen molar-refractivity contribution in [3.05, 3.63) is 0 Å². The van der Waals surface area contributed by atoms with Crippen molar-refractivity contribution >= 4 is 63.3 Å². The minimum atomic E-state index is -1.96. The van der Waals surface area contributed by atoms with Gasteiger partial charge in [0.2, 0.25) is 0 Å². The molecule has 19 heavy (non-hydrogen) atoms. The minimum Gasteiger partial charge on any atom is -0.205 e. The summed E-state index contributed by atoms with van der Waals surface area (Å²) in [5.41, 5.74) is 0. The molecule has 0 aromatic heterocycles. The molecule has 0 aliphatic carbocycles. The second kappa shape index (κ2) is 4.36. The fraction of sp³-hybridized carbons (Fsp3) is 1.00. The van der Waals surface area contributed by atoms with Gasteiger partial charge in [-0.25, -0.2) is 13.3 Å². The summed E-state index contributed by atoms with van der Waals surface area (Å²) >= 11 is 18.3. The van der Waals surface area contributed by atoms with Crippen LogP contribution in [0.3, 0.4) is 0 Å². The predicted octanol–water partition coefficient (Wildman–Crippen LogP) is 2.52. The highest BCUT2D eigenvalue weighted by Crippen LogP contribution is 3.00. The first-order valence-electron chi connectivity index (χ1n) is 5.63. The van der Waals surface area contributed by atoms with Crippen LogP contribution in [0, 0.1) is 0 Å². The SMILES string of the molecule is CN1P2N(C)P3(=S)N(C)P1(=S)N(C)P(=S)(N2C)N3C. The molecular formula is C6H18N6P4S3. The molecule has 0 unspecified atom stereocenters. The van der Waals surface area contributed by atoms with E-state index < -0.39 is 27.8 Å². The molecule has 4 heterocycles. The Morgan fingerprint density at radius 2 is 0.789 bits per heavy atom. The van der Waals surface area contributed by atoms with E-state index in [1.54, 1.807) is 0 Å². The van der Waals surface area contributed by atoms with Gasteiger partial charge in [-0.05, 0) is 35.4 Å². The molecule has 4 aliphatic rings. The molecule has 0 amide bonds. The Morgan fingerprint density at radius 3 is 1.00 bits per heavy atom. The fourth-order valence-electron chi connectivity index (χ4n) is 3.02. The van der Waals surface area contributed by atoms with Crippen molar-refractivity contribution in [3.8, 4) is 0 Å². The first kappa shape index (κ1) is 16.0. The Hall–Kier alpha value is 2.14. The smallest absolute Gasteiger partial charge is 0.162 e. The van der Waals surface area contributed by atoms with E-state index in [0.29, 0.717) is 0 Å². The number of hydrogen-bond donors (Lipinski definition) is 0. The van der Waals surface area contributed by atoms with Gasteiger partial charge in [0.1, 0.15) is 8.37 Å². The number of hydrogen-bond acceptors (Lipinski definition) is 3. The molecular weight excluding hydrogens is 376 g/mol. The van der Waals surface area contributed by atoms with Crippen LogP contribution < -0.4 is 0 Å². The van der Waals surface area contributed by atoms with Gasteiger partial charge >= 0.3 is 0 Å². The third kappa shape index (κ3) is 1.43. The Morgan fingerprint density at radius 1 is 0.579 bits per heavy atom. The summed E-state index contributed by atoms with van der Waals surface area (Å²) in [5, 5.41) is 0. The molecule has 4 bridgehead atoms. The molecule has 4 aliphatic heterocycles. The van der Waals surface area contributed by atoms with E-state index in [9.17, 15) is 0 Å². The normalized spacial score (nSPS) is 54.3. The maximum atomic E-state index is 6.11. The van der Waals surface area contributed by atoms with Gasteiger partial charge in [-0.3, -0.25) is 0 Å². The highest BCUT2D eigenvalue weighted by molar-refractivity contribution is 8.33. The highest BCUT2D eigenvalue weighted by Gasteiger charge is 2.70. The molecule has 0 saturated carbocycles. The van der Waals surface area contributed by atoms with E-state index in [1.807, 2.05) is 0 Å². The van der Waals surface area contributed by atoms with Crippen LogP contribution in [-0.4, -0.2) is 68.9 Å². The summed E-state index contributed by atoms with van der Waals surface area (Å²) in [5.74, 6) is 0. The monoisotopic (exact) mass is 394 g/mol. The Labute approximate surface area is 132 Å². The molecule has 0 spiro atoms. The minimum absolute atomic E-state index is 0.610. The molecule has 4 saturated heterocycles. The molecule has 0 radical (unpaired) electrons. The van der Waals surface area contributed by atoms with Crippen molar-refractivity contribution in [3.63, 3.8) is 0 Å². The average Bonchev–Trinajstić information content (AvgIpc) is 2.37. The van der Waals surface area contributed by atoms with Gasteiger partial charge in [0.25, 0.3) is 0 Å². The Kier molecular flexibility index (Phi) is 3.67. The van der Waals surface area contributed by atoms with Crippen molar-refractivity contribution in [1.29, 1.82) is 0 Å². The van der Waals surface area contributed by atoms with Gasteiger partial charge in [-0.1, -0.05) is 0 Å². The zero-order chi connectivity index (χ0) is 14.5. The number of nitrogens with zero attached hydrogens (tertiary/aromatic N) is 6. The molecule has 4 rings (SSSR count). The van der Waals surface area contributed by atoms with Gasteiger partial charge in [-0.15, -0.1) is 0 Å². The Balaban J connectivity index is 2.38. The molecule has 13 heteroatoms. The summed E-state index contributed by atoms with van der Waals surface area (Å²) in [4.78, 5) is 0. The first-order valence-corrected chi connectivity index (χ1v) is 14.8. The van der Waals surface area contributed by atoms with E-state index in [4.69, 9.17) is 35.4 Å². The lowest BCUT2D eigenvalue weighted by atomic mass is 11.5. The third-order valence-corrected chi connectivity index (χ3v) is 30.6. The van der Waals surface area contributed by atoms with Crippen molar-refractivity contribution < 1.29 is 0 Å². The average molecular weight is 394 g/mol. The van der Waals surface area contributed by atoms with E-state index in [1.165, 1.54) is 0 Å². The van der Waals surface area contributed by atoms with Crippen LogP contribution in [0.15, 0.2) is 0 Å². The first-order chi connectivity index (χ1) is 8.56. The lowest BCUT2D eigenvalue weighted by Gasteiger charge is -2.74. The van der Waals surface area contributed by atoms with E-state index in [0.717, 1.165) is 0 Å². The predicted molar refractivity (Wildman–Crippen MR) is 96.4 cm³/mol. The summed E-state index contributed by atoms with van der Waals surface area (Å²) < 4.78 is 14.0. The largest absolute Gasteiger partial charge is 0.205 e. The van der Waals surface area contributed by atoms with Crippen LogP contribution in [0.5, 0.6) is 0 Å². The molecule has 0 atom stereocenters. The molecule has 0 aromatic rings. The van der Waals surface area contributed by atoms with Crippen LogP contribution in [0.25, 0.3) is 0 Å². The lowest BCUT2D eigenvalue weighted by Crippen LogP contribution is -2.57. The van der Waals surface area contributed by atoms with E-state index in [2.05, 4.69) is 68.9 Å². The van der Waals surface area contributed by atoms with Crippen molar-refractivity contribution in [1.82, 2.24) is 26.6 Å². The van der Waals surface area contributed by atoms with E-state index >= 15 is 0 Å². The summed E-state index contributed by atoms with van der Waals surface area (Å²) in [6.45, 7) is -5.88. The van der Waals surface area contributed by atoms with E-state index in [-0.39, 0.29) is 0 Å². The number of rotatable bonds is 0. The quantitative estimate of drug-likeness (QED) is 0.573. The van der Waals surface area contributed by atoms with Crippen LogP contribution in [0.1, 0.15) is 0 Å². The molecule has 110 valence electrons. The standard InChI is InChI=1S/C6H18N6P4S3/c1-7-13-8(2)15(18)10(4)14(7,17)11(5)16(19,9(13)3)12(15)6/h1-6H3. The van der Waals surface area contributed by atoms with Crippen LogP contribution >= 0.6 is 27.8 Å². The highest BCUT2D eigenvalue weighted by atomic mass is 32.5. The fourth-order valence-corrected chi connectivity index (χ4v) is 33.1. The maximum Gasteiger partial charge on any atom is 0.162 e. The summed E-state index contributed by atoms with van der Waals surface area (Å²) in [6, 6.07) is 0. The third-order valence-electron chi connectivity index (χ3n) is 4.17. The second-order valence-electron chi connectivity index (χ2n) is 4.74. The van der Waals surface area contributed by atoms with Crippen LogP contribution in [-0.2, 0) is 35.4 Å². The molecule has 0 aromatic carbocycles. The van der Waals surface area contributed by atoms with Gasteiger partial charge in [-0.2, -0.15) is 13.3 Å².